The van der Waals surface area contributed by atoms with E-state index >= 15 is 0 Å². The normalized spacial score (nSPS) is 22.8. The highest BCUT2D eigenvalue weighted by molar-refractivity contribution is 6.01. The van der Waals surface area contributed by atoms with E-state index in [4.69, 9.17) is 9.47 Å². The number of anilines is 1. The molecule has 2 bridgehead atoms. The minimum absolute atomic E-state index is 0.0773. The molecule has 3 aliphatic rings. The molecule has 2 atom stereocenters. The van der Waals surface area contributed by atoms with Crippen LogP contribution in [0.4, 0.5) is 10.1 Å². The first-order chi connectivity index (χ1) is 18.0. The fourth-order valence-electron chi connectivity index (χ4n) is 5.32. The average Bonchev–Trinajstić information content (AvgIpc) is 3.31. The third kappa shape index (κ3) is 5.53. The van der Waals surface area contributed by atoms with Crippen molar-refractivity contribution in [2.24, 2.45) is 0 Å². The van der Waals surface area contributed by atoms with Gasteiger partial charge in [0.05, 0.1) is 30.9 Å². The molecule has 0 spiro atoms. The van der Waals surface area contributed by atoms with Gasteiger partial charge in [0.2, 0.25) is 5.91 Å². The molecule has 3 heterocycles. The van der Waals surface area contributed by atoms with Gasteiger partial charge in [-0.1, -0.05) is 12.1 Å². The van der Waals surface area contributed by atoms with Crippen molar-refractivity contribution in [2.45, 2.75) is 31.3 Å². The number of amides is 3. The Morgan fingerprint density at radius 3 is 2.59 bits per heavy atom. The number of nitrogens with one attached hydrogen (secondary N) is 2. The summed E-state index contributed by atoms with van der Waals surface area (Å²) in [5.74, 6) is -1.13. The van der Waals surface area contributed by atoms with Gasteiger partial charge in [0.1, 0.15) is 18.2 Å². The highest BCUT2D eigenvalue weighted by Crippen LogP contribution is 2.32. The zero-order valence-corrected chi connectivity index (χ0v) is 20.6. The first-order valence-electron chi connectivity index (χ1n) is 12.7. The van der Waals surface area contributed by atoms with Gasteiger partial charge in [-0.25, -0.2) is 4.39 Å². The van der Waals surface area contributed by atoms with Crippen LogP contribution in [-0.4, -0.2) is 80.7 Å². The molecule has 2 N–H and O–H groups in total. The molecule has 3 amide bonds. The third-order valence-corrected chi connectivity index (χ3v) is 7.13. The van der Waals surface area contributed by atoms with Gasteiger partial charge < -0.3 is 29.9 Å². The Balaban J connectivity index is 1.44. The van der Waals surface area contributed by atoms with E-state index in [0.29, 0.717) is 44.7 Å². The predicted molar refractivity (Wildman–Crippen MR) is 134 cm³/mol. The summed E-state index contributed by atoms with van der Waals surface area (Å²) in [6, 6.07) is 10.6. The largest absolute Gasteiger partial charge is 0.491 e. The van der Waals surface area contributed by atoms with Crippen LogP contribution in [0.2, 0.25) is 0 Å². The molecule has 0 aliphatic carbocycles. The van der Waals surface area contributed by atoms with Crippen LogP contribution in [0.5, 0.6) is 5.75 Å². The van der Waals surface area contributed by atoms with Crippen LogP contribution >= 0.6 is 0 Å². The number of fused-ring (bicyclic) bond motifs is 3. The number of hydrogen-bond acceptors (Lipinski definition) is 6. The monoisotopic (exact) mass is 510 g/mol. The molecule has 196 valence electrons. The Morgan fingerprint density at radius 2 is 1.76 bits per heavy atom. The number of halogens is 1. The average molecular weight is 511 g/mol. The number of para-hydroxylation sites is 1. The van der Waals surface area contributed by atoms with E-state index in [2.05, 4.69) is 15.5 Å². The number of ether oxygens (including phenoxy) is 2. The molecule has 0 unspecified atom stereocenters. The van der Waals surface area contributed by atoms with Crippen LogP contribution in [0.15, 0.2) is 42.5 Å². The lowest BCUT2D eigenvalue weighted by Crippen LogP contribution is -2.48. The Kier molecular flexibility index (Phi) is 7.55. The van der Waals surface area contributed by atoms with Gasteiger partial charge in [-0.15, -0.1) is 0 Å². The van der Waals surface area contributed by atoms with Gasteiger partial charge in [-0.2, -0.15) is 0 Å². The molecule has 3 aliphatic heterocycles. The summed E-state index contributed by atoms with van der Waals surface area (Å²) in [6.07, 6.45) is 1.44. The number of benzene rings is 2. The number of hydrogen-bond donors (Lipinski definition) is 2. The zero-order valence-electron chi connectivity index (χ0n) is 20.6. The number of carbonyl (C=O) groups excluding carboxylic acids is 3. The van der Waals surface area contributed by atoms with E-state index in [1.165, 1.54) is 12.1 Å². The molecular weight excluding hydrogens is 479 g/mol. The van der Waals surface area contributed by atoms with Gasteiger partial charge in [0.15, 0.2) is 0 Å². The van der Waals surface area contributed by atoms with Crippen molar-refractivity contribution >= 4 is 23.4 Å². The first kappa shape index (κ1) is 25.0. The Morgan fingerprint density at radius 1 is 0.973 bits per heavy atom. The van der Waals surface area contributed by atoms with Crippen molar-refractivity contribution in [1.29, 1.82) is 0 Å². The van der Waals surface area contributed by atoms with Gasteiger partial charge >= 0.3 is 0 Å². The summed E-state index contributed by atoms with van der Waals surface area (Å²) in [4.78, 5) is 43.7. The number of nitrogens with zero attached hydrogens (tertiary/aromatic N) is 2. The smallest absolute Gasteiger partial charge is 0.256 e. The standard InChI is InChI=1S/C27H31FN4O5/c28-18-5-8-24-22(15-18)26(34)30-17-20-7-6-19(16-25(33)29-9-12-37-24)32(20)27(35)21-3-1-2-4-23(21)31-10-13-36-14-11-31/h1-5,8,15,19-20H,6-7,9-14,16-17H2,(H,29,33)(H,30,34)/t19-,20+/m0/s1. The molecule has 2 aromatic rings. The van der Waals surface area contributed by atoms with Crippen molar-refractivity contribution in [2.75, 3.05) is 50.9 Å². The molecule has 2 fully saturated rings. The number of carbonyl (C=O) groups is 3. The quantitative estimate of drug-likeness (QED) is 0.641. The van der Waals surface area contributed by atoms with Crippen molar-refractivity contribution in [3.63, 3.8) is 0 Å². The van der Waals surface area contributed by atoms with Crippen LogP contribution in [-0.2, 0) is 9.53 Å². The second-order valence-corrected chi connectivity index (χ2v) is 9.47. The van der Waals surface area contributed by atoms with Crippen LogP contribution in [0.3, 0.4) is 0 Å². The summed E-state index contributed by atoms with van der Waals surface area (Å²) in [5.41, 5.74) is 1.48. The second-order valence-electron chi connectivity index (χ2n) is 9.47. The lowest BCUT2D eigenvalue weighted by molar-refractivity contribution is -0.122. The summed E-state index contributed by atoms with van der Waals surface area (Å²) >= 11 is 0. The van der Waals surface area contributed by atoms with E-state index in [-0.39, 0.29) is 61.3 Å². The molecule has 0 saturated carbocycles. The van der Waals surface area contributed by atoms with E-state index < -0.39 is 11.7 Å². The molecule has 2 aromatic carbocycles. The maximum atomic E-state index is 14.0. The van der Waals surface area contributed by atoms with Gasteiger partial charge in [0, 0.05) is 43.8 Å². The summed E-state index contributed by atoms with van der Waals surface area (Å²) < 4.78 is 25.1. The van der Waals surface area contributed by atoms with Crippen molar-refractivity contribution in [3.05, 3.63) is 59.4 Å². The van der Waals surface area contributed by atoms with Gasteiger partial charge in [0.25, 0.3) is 11.8 Å². The fraction of sp³-hybridized carbons (Fsp3) is 0.444. The molecule has 10 heteroatoms. The van der Waals surface area contributed by atoms with E-state index in [1.807, 2.05) is 24.3 Å². The van der Waals surface area contributed by atoms with Crippen molar-refractivity contribution in [1.82, 2.24) is 15.5 Å². The lowest BCUT2D eigenvalue weighted by Gasteiger charge is -2.34. The number of rotatable bonds is 2. The van der Waals surface area contributed by atoms with E-state index in [1.54, 1.807) is 4.90 Å². The SMILES string of the molecule is O=C1C[C@@H]2CC[C@H](CNC(=O)c3cc(F)ccc3OCCN1)N2C(=O)c1ccccc1N1CCOCC1. The van der Waals surface area contributed by atoms with Crippen LogP contribution in [0, 0.1) is 5.82 Å². The summed E-state index contributed by atoms with van der Waals surface area (Å²) in [5, 5.41) is 5.70. The fourth-order valence-corrected chi connectivity index (χ4v) is 5.32. The molecular formula is C27H31FN4O5. The number of morpholine rings is 1. The Labute approximate surface area is 214 Å². The molecule has 9 nitrogen and oxygen atoms in total. The highest BCUT2D eigenvalue weighted by Gasteiger charge is 2.39. The van der Waals surface area contributed by atoms with Crippen LogP contribution in [0.25, 0.3) is 0 Å². The lowest BCUT2D eigenvalue weighted by atomic mass is 10.1. The summed E-state index contributed by atoms with van der Waals surface area (Å²) in [6.45, 7) is 3.09. The Bertz CT molecular complexity index is 1170. The zero-order chi connectivity index (χ0) is 25.8. The first-order valence-corrected chi connectivity index (χ1v) is 12.7. The molecule has 5 rings (SSSR count). The summed E-state index contributed by atoms with van der Waals surface area (Å²) in [7, 11) is 0. The Hall–Kier alpha value is -3.66. The van der Waals surface area contributed by atoms with E-state index in [0.717, 1.165) is 11.8 Å². The topological polar surface area (TPSA) is 100 Å². The molecule has 2 saturated heterocycles. The third-order valence-electron chi connectivity index (χ3n) is 7.13. The minimum Gasteiger partial charge on any atom is -0.491 e. The molecule has 37 heavy (non-hydrogen) atoms. The van der Waals surface area contributed by atoms with E-state index in [9.17, 15) is 18.8 Å². The maximum Gasteiger partial charge on any atom is 0.256 e. The van der Waals surface area contributed by atoms with Gasteiger partial charge in [-0.05, 0) is 43.2 Å². The minimum atomic E-state index is -0.552. The molecule has 0 radical (unpaired) electrons. The van der Waals surface area contributed by atoms with Crippen LogP contribution in [0.1, 0.15) is 40.0 Å². The molecule has 0 aromatic heterocycles. The van der Waals surface area contributed by atoms with Crippen molar-refractivity contribution in [3.8, 4) is 5.75 Å². The predicted octanol–water partition coefficient (Wildman–Crippen LogP) is 1.96. The maximum absolute atomic E-state index is 14.0. The highest BCUT2D eigenvalue weighted by atomic mass is 19.1. The second kappa shape index (κ2) is 11.2. The van der Waals surface area contributed by atoms with Gasteiger partial charge in [-0.3, -0.25) is 14.4 Å². The van der Waals surface area contributed by atoms with Crippen LogP contribution < -0.4 is 20.3 Å². The van der Waals surface area contributed by atoms with Crippen molar-refractivity contribution < 1.29 is 28.2 Å².